The number of likely N-dealkylation sites (N-methyl/N-ethyl adjacent to an activating group) is 1. The Hall–Kier alpha value is -0.300. The highest BCUT2D eigenvalue weighted by Crippen LogP contribution is 2.12. The van der Waals surface area contributed by atoms with Crippen molar-refractivity contribution in [1.82, 2.24) is 0 Å². The van der Waals surface area contributed by atoms with Crippen molar-refractivity contribution >= 4 is 0 Å². The van der Waals surface area contributed by atoms with Crippen molar-refractivity contribution in [3.63, 3.8) is 0 Å². The van der Waals surface area contributed by atoms with Crippen molar-refractivity contribution in [2.24, 2.45) is 0 Å². The Morgan fingerprint density at radius 1 is 0.789 bits per heavy atom. The van der Waals surface area contributed by atoms with Crippen molar-refractivity contribution in [1.29, 1.82) is 0 Å². The van der Waals surface area contributed by atoms with Crippen LogP contribution in [-0.2, 0) is 0 Å². The van der Waals surface area contributed by atoms with Crippen LogP contribution in [0.15, 0.2) is 12.2 Å². The van der Waals surface area contributed by atoms with Gasteiger partial charge in [0.15, 0.2) is 0 Å². The first-order chi connectivity index (χ1) is 8.98. The molecule has 0 aromatic heterocycles. The van der Waals surface area contributed by atoms with Crippen molar-refractivity contribution in [2.45, 2.75) is 78.1 Å². The lowest BCUT2D eigenvalue weighted by molar-refractivity contribution is -0.885. The van der Waals surface area contributed by atoms with Gasteiger partial charge in [-0.3, -0.25) is 0 Å². The molecular formula is C18H38N+. The molecule has 0 saturated heterocycles. The van der Waals surface area contributed by atoms with Gasteiger partial charge in [-0.25, -0.2) is 0 Å². The summed E-state index contributed by atoms with van der Waals surface area (Å²) in [6.45, 7) is 10.9. The van der Waals surface area contributed by atoms with Crippen molar-refractivity contribution in [3.05, 3.63) is 12.2 Å². The minimum atomic E-state index is 1.10. The van der Waals surface area contributed by atoms with Gasteiger partial charge in [-0.1, -0.05) is 64.9 Å². The molecule has 0 bridgehead atoms. The minimum absolute atomic E-state index is 1.10. The summed E-state index contributed by atoms with van der Waals surface area (Å²) in [6.07, 6.45) is 14.3. The SMILES string of the molecule is C=C(C)C[N+](C)(C)CCCCCCCCCCCC. The van der Waals surface area contributed by atoms with Crippen LogP contribution in [0.2, 0.25) is 0 Å². The van der Waals surface area contributed by atoms with Crippen LogP contribution < -0.4 is 0 Å². The lowest BCUT2D eigenvalue weighted by atomic mass is 10.1. The summed E-state index contributed by atoms with van der Waals surface area (Å²) in [7, 11) is 4.64. The Kier molecular flexibility index (Phi) is 11.3. The Balaban J connectivity index is 3.28. The number of hydrogen-bond acceptors (Lipinski definition) is 0. The van der Waals surface area contributed by atoms with E-state index in [1.54, 1.807) is 0 Å². The number of quaternary nitrogens is 1. The van der Waals surface area contributed by atoms with E-state index < -0.39 is 0 Å². The number of unbranched alkanes of at least 4 members (excludes halogenated alkanes) is 9. The second-order valence-corrected chi connectivity index (χ2v) is 6.96. The first-order valence-corrected chi connectivity index (χ1v) is 8.44. The molecule has 0 aliphatic carbocycles. The summed E-state index contributed by atoms with van der Waals surface area (Å²) in [5, 5.41) is 0. The van der Waals surface area contributed by atoms with Gasteiger partial charge in [0.1, 0.15) is 0 Å². The fraction of sp³-hybridized carbons (Fsp3) is 0.889. The van der Waals surface area contributed by atoms with E-state index in [0.717, 1.165) is 11.0 Å². The van der Waals surface area contributed by atoms with E-state index in [4.69, 9.17) is 0 Å². The standard InChI is InChI=1S/C18H38N/c1-6-7-8-9-10-11-12-13-14-15-16-19(4,5)17-18(2)3/h2,6-17H2,1,3-5H3/q+1. The van der Waals surface area contributed by atoms with Crippen LogP contribution >= 0.6 is 0 Å². The van der Waals surface area contributed by atoms with Gasteiger partial charge >= 0.3 is 0 Å². The molecule has 0 atom stereocenters. The predicted octanol–water partition coefficient (Wildman–Crippen LogP) is 5.56. The third kappa shape index (κ3) is 13.9. The van der Waals surface area contributed by atoms with Crippen LogP contribution in [0.5, 0.6) is 0 Å². The van der Waals surface area contributed by atoms with Gasteiger partial charge in [-0.2, -0.15) is 0 Å². The zero-order valence-corrected chi connectivity index (χ0v) is 14.1. The third-order valence-electron chi connectivity index (χ3n) is 3.81. The van der Waals surface area contributed by atoms with Crippen LogP contribution in [0.3, 0.4) is 0 Å². The second kappa shape index (κ2) is 11.5. The monoisotopic (exact) mass is 268 g/mol. The van der Waals surface area contributed by atoms with Gasteiger partial charge in [0, 0.05) is 0 Å². The van der Waals surface area contributed by atoms with Crippen LogP contribution in [0.25, 0.3) is 0 Å². The second-order valence-electron chi connectivity index (χ2n) is 6.96. The van der Waals surface area contributed by atoms with Crippen molar-refractivity contribution in [3.8, 4) is 0 Å². The largest absolute Gasteiger partial charge is 0.325 e. The van der Waals surface area contributed by atoms with Gasteiger partial charge in [0.25, 0.3) is 0 Å². The zero-order chi connectivity index (χ0) is 14.6. The summed E-state index contributed by atoms with van der Waals surface area (Å²) in [4.78, 5) is 0. The molecule has 1 heteroatoms. The molecule has 0 saturated carbocycles. The normalized spacial score (nSPS) is 11.8. The number of nitrogens with zero attached hydrogens (tertiary/aromatic N) is 1. The average Bonchev–Trinajstić information content (AvgIpc) is 2.30. The van der Waals surface area contributed by atoms with E-state index in [1.165, 1.54) is 76.3 Å². The number of rotatable bonds is 13. The lowest BCUT2D eigenvalue weighted by Gasteiger charge is -2.30. The van der Waals surface area contributed by atoms with Crippen LogP contribution in [-0.4, -0.2) is 31.7 Å². The van der Waals surface area contributed by atoms with E-state index in [-0.39, 0.29) is 0 Å². The van der Waals surface area contributed by atoms with Crippen molar-refractivity contribution in [2.75, 3.05) is 27.2 Å². The van der Waals surface area contributed by atoms with Crippen LogP contribution in [0, 0.1) is 0 Å². The van der Waals surface area contributed by atoms with Gasteiger partial charge in [-0.05, 0) is 25.3 Å². The van der Waals surface area contributed by atoms with E-state index >= 15 is 0 Å². The Labute approximate surface area is 122 Å². The summed E-state index contributed by atoms with van der Waals surface area (Å²) in [5.74, 6) is 0. The molecule has 0 N–H and O–H groups in total. The van der Waals surface area contributed by atoms with Crippen LogP contribution in [0.1, 0.15) is 78.1 Å². The molecule has 0 fully saturated rings. The highest BCUT2D eigenvalue weighted by molar-refractivity contribution is 4.87. The smallest absolute Gasteiger partial charge is 0.0993 e. The zero-order valence-electron chi connectivity index (χ0n) is 14.1. The molecule has 0 radical (unpaired) electrons. The fourth-order valence-corrected chi connectivity index (χ4v) is 2.84. The van der Waals surface area contributed by atoms with E-state index in [9.17, 15) is 0 Å². The Morgan fingerprint density at radius 2 is 1.21 bits per heavy atom. The molecular weight excluding hydrogens is 230 g/mol. The molecule has 0 amide bonds. The summed E-state index contributed by atoms with van der Waals surface area (Å²) >= 11 is 0. The summed E-state index contributed by atoms with van der Waals surface area (Å²) in [6, 6.07) is 0. The van der Waals surface area contributed by atoms with Gasteiger partial charge < -0.3 is 4.48 Å². The highest BCUT2D eigenvalue weighted by Gasteiger charge is 2.13. The maximum atomic E-state index is 4.02. The highest BCUT2D eigenvalue weighted by atomic mass is 15.3. The molecule has 0 rings (SSSR count). The van der Waals surface area contributed by atoms with E-state index in [1.807, 2.05) is 0 Å². The lowest BCUT2D eigenvalue weighted by Crippen LogP contribution is -2.41. The maximum absolute atomic E-state index is 4.02. The fourth-order valence-electron chi connectivity index (χ4n) is 2.84. The molecule has 0 aromatic carbocycles. The third-order valence-corrected chi connectivity index (χ3v) is 3.81. The molecule has 0 aliphatic rings. The van der Waals surface area contributed by atoms with Gasteiger partial charge in [0.2, 0.25) is 0 Å². The molecule has 114 valence electrons. The van der Waals surface area contributed by atoms with Gasteiger partial charge in [-0.15, -0.1) is 0 Å². The average molecular weight is 269 g/mol. The minimum Gasteiger partial charge on any atom is -0.325 e. The van der Waals surface area contributed by atoms with Crippen LogP contribution in [0.4, 0.5) is 0 Å². The summed E-state index contributed by atoms with van der Waals surface area (Å²) in [5.41, 5.74) is 1.30. The molecule has 0 aromatic rings. The summed E-state index contributed by atoms with van der Waals surface area (Å²) < 4.78 is 1.10. The molecule has 0 spiro atoms. The maximum Gasteiger partial charge on any atom is 0.0993 e. The Bertz CT molecular complexity index is 218. The molecule has 0 heterocycles. The quantitative estimate of drug-likeness (QED) is 0.233. The molecule has 0 aliphatic heterocycles. The number of hydrogen-bond donors (Lipinski definition) is 0. The first kappa shape index (κ1) is 18.7. The van der Waals surface area contributed by atoms with E-state index in [0.29, 0.717) is 0 Å². The molecule has 1 nitrogen and oxygen atoms in total. The topological polar surface area (TPSA) is 0 Å². The van der Waals surface area contributed by atoms with Crippen molar-refractivity contribution < 1.29 is 4.48 Å². The molecule has 0 unspecified atom stereocenters. The van der Waals surface area contributed by atoms with Gasteiger partial charge in [0.05, 0.1) is 27.2 Å². The predicted molar refractivity (Wildman–Crippen MR) is 88.5 cm³/mol. The Morgan fingerprint density at radius 3 is 1.63 bits per heavy atom. The first-order valence-electron chi connectivity index (χ1n) is 8.44. The molecule has 19 heavy (non-hydrogen) atoms. The van der Waals surface area contributed by atoms with E-state index in [2.05, 4.69) is 34.5 Å².